The molecule has 0 spiro atoms. The first-order chi connectivity index (χ1) is 7.59. The molecular weight excluding hydrogens is 277 g/mol. The maximum Gasteiger partial charge on any atom is 0.165 e. The number of aliphatic hydroxyl groups excluding tert-OH is 1. The van der Waals surface area contributed by atoms with Gasteiger partial charge in [0.05, 0.1) is 5.56 Å². The fraction of sp³-hybridized carbons (Fsp3) is 0.182. The third-order valence-corrected chi connectivity index (χ3v) is 2.82. The Labute approximate surface area is 100 Å². The van der Waals surface area contributed by atoms with Gasteiger partial charge in [-0.2, -0.15) is 0 Å². The van der Waals surface area contributed by atoms with Crippen LogP contribution < -0.4 is 0 Å². The Hall–Kier alpha value is -1.20. The van der Waals surface area contributed by atoms with E-state index in [1.807, 2.05) is 0 Å². The van der Waals surface area contributed by atoms with E-state index >= 15 is 0 Å². The zero-order valence-corrected chi connectivity index (χ0v) is 10.0. The lowest BCUT2D eigenvalue weighted by atomic mass is 10.1. The lowest BCUT2D eigenvalue weighted by molar-refractivity contribution is 0.158. The highest BCUT2D eigenvalue weighted by Gasteiger charge is 2.15. The van der Waals surface area contributed by atoms with Crippen molar-refractivity contribution in [2.75, 3.05) is 0 Å². The highest BCUT2D eigenvalue weighted by molar-refractivity contribution is 9.10. The van der Waals surface area contributed by atoms with Crippen molar-refractivity contribution in [1.82, 2.24) is 5.16 Å². The van der Waals surface area contributed by atoms with E-state index in [0.29, 0.717) is 21.5 Å². The van der Waals surface area contributed by atoms with E-state index in [1.165, 1.54) is 12.1 Å². The molecule has 0 radical (unpaired) electrons. The van der Waals surface area contributed by atoms with Crippen LogP contribution in [0.1, 0.15) is 18.8 Å². The van der Waals surface area contributed by atoms with E-state index in [-0.39, 0.29) is 5.82 Å². The first-order valence-electron chi connectivity index (χ1n) is 4.68. The number of aliphatic hydroxyl groups is 1. The number of hydrogen-bond donors (Lipinski definition) is 1. The van der Waals surface area contributed by atoms with Gasteiger partial charge < -0.3 is 9.63 Å². The van der Waals surface area contributed by atoms with Crippen molar-refractivity contribution in [3.63, 3.8) is 0 Å². The summed E-state index contributed by atoms with van der Waals surface area (Å²) < 4.78 is 19.1. The van der Waals surface area contributed by atoms with Crippen LogP contribution in [0, 0.1) is 5.82 Å². The van der Waals surface area contributed by atoms with E-state index in [9.17, 15) is 9.50 Å². The Kier molecular flexibility index (Phi) is 3.07. The normalized spacial score (nSPS) is 12.8. The first kappa shape index (κ1) is 11.3. The van der Waals surface area contributed by atoms with Gasteiger partial charge in [-0.3, -0.25) is 0 Å². The summed E-state index contributed by atoms with van der Waals surface area (Å²) >= 11 is 3.25. The van der Waals surface area contributed by atoms with Crippen molar-refractivity contribution in [1.29, 1.82) is 0 Å². The van der Waals surface area contributed by atoms with E-state index in [4.69, 9.17) is 4.52 Å². The third-order valence-electron chi connectivity index (χ3n) is 2.16. The Bertz CT molecular complexity index is 490. The standard InChI is InChI=1S/C11H9BrFNO2/c1-6(15)10-5-9(14-16-10)11-7(12)3-2-4-8(11)13/h2-6,15H,1H3. The number of rotatable bonds is 2. The second-order valence-electron chi connectivity index (χ2n) is 3.39. The van der Waals surface area contributed by atoms with Crippen molar-refractivity contribution < 1.29 is 14.0 Å². The molecule has 3 nitrogen and oxygen atoms in total. The molecule has 0 saturated heterocycles. The van der Waals surface area contributed by atoms with Crippen LogP contribution in [0.3, 0.4) is 0 Å². The summed E-state index contributed by atoms with van der Waals surface area (Å²) in [4.78, 5) is 0. The molecular formula is C11H9BrFNO2. The molecule has 84 valence electrons. The average Bonchev–Trinajstić information content (AvgIpc) is 2.66. The van der Waals surface area contributed by atoms with E-state index in [0.717, 1.165) is 0 Å². The fourth-order valence-electron chi connectivity index (χ4n) is 1.35. The zero-order chi connectivity index (χ0) is 11.7. The minimum Gasteiger partial charge on any atom is -0.385 e. The summed E-state index contributed by atoms with van der Waals surface area (Å²) in [5.74, 6) is -0.0787. The van der Waals surface area contributed by atoms with Crippen molar-refractivity contribution in [2.45, 2.75) is 13.0 Å². The summed E-state index contributed by atoms with van der Waals surface area (Å²) in [7, 11) is 0. The average molecular weight is 286 g/mol. The van der Waals surface area contributed by atoms with Crippen LogP contribution in [0.5, 0.6) is 0 Å². The molecule has 0 aliphatic rings. The molecule has 0 aliphatic carbocycles. The van der Waals surface area contributed by atoms with Crippen LogP contribution in [0.15, 0.2) is 33.3 Å². The molecule has 0 amide bonds. The minimum atomic E-state index is -0.758. The van der Waals surface area contributed by atoms with Crippen LogP contribution in [-0.4, -0.2) is 10.3 Å². The number of hydrogen-bond acceptors (Lipinski definition) is 3. The molecule has 1 heterocycles. The zero-order valence-electron chi connectivity index (χ0n) is 8.45. The molecule has 5 heteroatoms. The molecule has 16 heavy (non-hydrogen) atoms. The van der Waals surface area contributed by atoms with Gasteiger partial charge in [-0.1, -0.05) is 11.2 Å². The summed E-state index contributed by atoms with van der Waals surface area (Å²) in [6, 6.07) is 6.18. The van der Waals surface area contributed by atoms with Gasteiger partial charge in [-0.05, 0) is 35.0 Å². The summed E-state index contributed by atoms with van der Waals surface area (Å²) in [6.07, 6.45) is -0.758. The lowest BCUT2D eigenvalue weighted by Gasteiger charge is -2.00. The number of halogens is 2. The Balaban J connectivity index is 2.50. The fourth-order valence-corrected chi connectivity index (χ4v) is 1.89. The predicted molar refractivity (Wildman–Crippen MR) is 60.2 cm³/mol. The molecule has 2 rings (SSSR count). The summed E-state index contributed by atoms with van der Waals surface area (Å²) in [6.45, 7) is 1.56. The predicted octanol–water partition coefficient (Wildman–Crippen LogP) is 3.30. The van der Waals surface area contributed by atoms with Gasteiger partial charge in [-0.25, -0.2) is 4.39 Å². The van der Waals surface area contributed by atoms with Gasteiger partial charge in [0.2, 0.25) is 0 Å². The van der Waals surface area contributed by atoms with Gasteiger partial charge in [0, 0.05) is 10.5 Å². The van der Waals surface area contributed by atoms with Crippen LogP contribution in [-0.2, 0) is 0 Å². The first-order valence-corrected chi connectivity index (χ1v) is 5.48. The molecule has 0 aliphatic heterocycles. The van der Waals surface area contributed by atoms with Gasteiger partial charge in [0.25, 0.3) is 0 Å². The van der Waals surface area contributed by atoms with Crippen molar-refractivity contribution in [2.24, 2.45) is 0 Å². The molecule has 2 aromatic rings. The van der Waals surface area contributed by atoms with Crippen molar-refractivity contribution >= 4 is 15.9 Å². The minimum absolute atomic E-state index is 0.310. The number of aromatic nitrogens is 1. The van der Waals surface area contributed by atoms with Gasteiger partial charge in [-0.15, -0.1) is 0 Å². The molecule has 1 aromatic carbocycles. The Morgan fingerprint density at radius 3 is 2.81 bits per heavy atom. The molecule has 0 bridgehead atoms. The molecule has 1 aromatic heterocycles. The highest BCUT2D eigenvalue weighted by Crippen LogP contribution is 2.31. The van der Waals surface area contributed by atoms with Crippen LogP contribution >= 0.6 is 15.9 Å². The molecule has 1 N–H and O–H groups in total. The maximum absolute atomic E-state index is 13.6. The van der Waals surface area contributed by atoms with Gasteiger partial charge in [0.1, 0.15) is 17.6 Å². The smallest absolute Gasteiger partial charge is 0.165 e. The lowest BCUT2D eigenvalue weighted by Crippen LogP contribution is -1.87. The van der Waals surface area contributed by atoms with Crippen LogP contribution in [0.4, 0.5) is 4.39 Å². The second kappa shape index (κ2) is 4.35. The van der Waals surface area contributed by atoms with Gasteiger partial charge >= 0.3 is 0 Å². The number of benzene rings is 1. The van der Waals surface area contributed by atoms with Gasteiger partial charge in [0.15, 0.2) is 5.76 Å². The third kappa shape index (κ3) is 2.01. The molecule has 0 saturated carbocycles. The van der Waals surface area contributed by atoms with Crippen LogP contribution in [0.25, 0.3) is 11.3 Å². The van der Waals surface area contributed by atoms with Crippen LogP contribution in [0.2, 0.25) is 0 Å². The van der Waals surface area contributed by atoms with E-state index in [1.54, 1.807) is 19.1 Å². The summed E-state index contributed by atoms with van der Waals surface area (Å²) in [5.41, 5.74) is 0.694. The Morgan fingerprint density at radius 2 is 2.25 bits per heavy atom. The largest absolute Gasteiger partial charge is 0.385 e. The van der Waals surface area contributed by atoms with E-state index < -0.39 is 6.10 Å². The summed E-state index contributed by atoms with van der Waals surface area (Å²) in [5, 5.41) is 13.0. The highest BCUT2D eigenvalue weighted by atomic mass is 79.9. The second-order valence-corrected chi connectivity index (χ2v) is 4.24. The van der Waals surface area contributed by atoms with E-state index in [2.05, 4.69) is 21.1 Å². The van der Waals surface area contributed by atoms with Crippen molar-refractivity contribution in [3.05, 3.63) is 40.3 Å². The van der Waals surface area contributed by atoms with Crippen molar-refractivity contribution in [3.8, 4) is 11.3 Å². The molecule has 1 unspecified atom stereocenters. The topological polar surface area (TPSA) is 46.3 Å². The molecule has 1 atom stereocenters. The monoisotopic (exact) mass is 285 g/mol. The quantitative estimate of drug-likeness (QED) is 0.921. The SMILES string of the molecule is CC(O)c1cc(-c2c(F)cccc2Br)no1. The number of nitrogens with zero attached hydrogens (tertiary/aromatic N) is 1. The Morgan fingerprint density at radius 1 is 1.50 bits per heavy atom. The maximum atomic E-state index is 13.6. The molecule has 0 fully saturated rings.